The SMILES string of the molecule is CC(C)(C)N(CCCn1cc([N+](=O)[O-])cn1)C(=O)O. The summed E-state index contributed by atoms with van der Waals surface area (Å²) in [6.45, 7) is 6.25. The zero-order valence-corrected chi connectivity index (χ0v) is 11.2. The van der Waals surface area contributed by atoms with E-state index in [9.17, 15) is 14.9 Å². The summed E-state index contributed by atoms with van der Waals surface area (Å²) >= 11 is 0. The number of hydrogen-bond donors (Lipinski definition) is 1. The Bertz CT molecular complexity index is 464. The highest BCUT2D eigenvalue weighted by Crippen LogP contribution is 2.14. The molecule has 1 aromatic heterocycles. The molecule has 0 saturated heterocycles. The topological polar surface area (TPSA) is 102 Å². The maximum Gasteiger partial charge on any atom is 0.407 e. The van der Waals surface area contributed by atoms with Crippen molar-refractivity contribution in [2.75, 3.05) is 6.54 Å². The predicted molar refractivity (Wildman–Crippen MR) is 68.0 cm³/mol. The number of rotatable bonds is 5. The van der Waals surface area contributed by atoms with E-state index in [-0.39, 0.29) is 5.69 Å². The zero-order chi connectivity index (χ0) is 14.6. The number of nitro groups is 1. The fourth-order valence-corrected chi connectivity index (χ4v) is 1.68. The summed E-state index contributed by atoms with van der Waals surface area (Å²) in [6, 6.07) is 0. The third-order valence-electron chi connectivity index (χ3n) is 2.64. The second-order valence-electron chi connectivity index (χ2n) is 5.18. The summed E-state index contributed by atoms with van der Waals surface area (Å²) in [7, 11) is 0. The molecular weight excluding hydrogens is 252 g/mol. The van der Waals surface area contributed by atoms with Gasteiger partial charge in [0, 0.05) is 18.6 Å². The number of carboxylic acid groups (broad SMARTS) is 1. The Morgan fingerprint density at radius 2 is 2.21 bits per heavy atom. The third-order valence-corrected chi connectivity index (χ3v) is 2.64. The molecule has 0 aromatic carbocycles. The van der Waals surface area contributed by atoms with E-state index in [1.54, 1.807) is 0 Å². The molecule has 0 spiro atoms. The van der Waals surface area contributed by atoms with Gasteiger partial charge in [-0.25, -0.2) is 4.79 Å². The van der Waals surface area contributed by atoms with E-state index in [1.165, 1.54) is 22.0 Å². The molecule has 19 heavy (non-hydrogen) atoms. The molecule has 0 bridgehead atoms. The maximum absolute atomic E-state index is 11.1. The van der Waals surface area contributed by atoms with Crippen LogP contribution in [0.3, 0.4) is 0 Å². The van der Waals surface area contributed by atoms with Crippen molar-refractivity contribution in [3.8, 4) is 0 Å². The Morgan fingerprint density at radius 1 is 1.58 bits per heavy atom. The van der Waals surface area contributed by atoms with Crippen LogP contribution in [0, 0.1) is 10.1 Å². The molecule has 8 nitrogen and oxygen atoms in total. The average molecular weight is 270 g/mol. The van der Waals surface area contributed by atoms with Gasteiger partial charge in [-0.1, -0.05) is 0 Å². The van der Waals surface area contributed by atoms with Gasteiger partial charge in [0.15, 0.2) is 0 Å². The van der Waals surface area contributed by atoms with Gasteiger partial charge in [-0.15, -0.1) is 0 Å². The first-order valence-corrected chi connectivity index (χ1v) is 5.89. The van der Waals surface area contributed by atoms with Crippen LogP contribution in [-0.4, -0.2) is 42.9 Å². The maximum atomic E-state index is 11.1. The summed E-state index contributed by atoms with van der Waals surface area (Å²) in [6.07, 6.45) is 2.09. The van der Waals surface area contributed by atoms with Crippen molar-refractivity contribution in [3.63, 3.8) is 0 Å². The van der Waals surface area contributed by atoms with Gasteiger partial charge in [-0.2, -0.15) is 5.10 Å². The number of aromatic nitrogens is 2. The van der Waals surface area contributed by atoms with Crippen molar-refractivity contribution in [3.05, 3.63) is 22.5 Å². The molecule has 1 aromatic rings. The lowest BCUT2D eigenvalue weighted by Crippen LogP contribution is -2.45. The largest absolute Gasteiger partial charge is 0.465 e. The van der Waals surface area contributed by atoms with E-state index in [4.69, 9.17) is 5.11 Å². The van der Waals surface area contributed by atoms with Crippen molar-refractivity contribution in [2.45, 2.75) is 39.3 Å². The second-order valence-corrected chi connectivity index (χ2v) is 5.18. The van der Waals surface area contributed by atoms with Gasteiger partial charge in [0.1, 0.15) is 12.4 Å². The van der Waals surface area contributed by atoms with Crippen molar-refractivity contribution >= 4 is 11.8 Å². The van der Waals surface area contributed by atoms with Crippen LogP contribution in [0.15, 0.2) is 12.4 Å². The van der Waals surface area contributed by atoms with Crippen LogP contribution in [0.5, 0.6) is 0 Å². The monoisotopic (exact) mass is 270 g/mol. The van der Waals surface area contributed by atoms with Gasteiger partial charge in [-0.05, 0) is 27.2 Å². The Balaban J connectivity index is 2.52. The number of amides is 1. The zero-order valence-electron chi connectivity index (χ0n) is 11.2. The van der Waals surface area contributed by atoms with Crippen LogP contribution >= 0.6 is 0 Å². The third kappa shape index (κ3) is 4.23. The summed E-state index contributed by atoms with van der Waals surface area (Å²) in [5.41, 5.74) is -0.534. The van der Waals surface area contributed by atoms with Crippen molar-refractivity contribution in [2.24, 2.45) is 0 Å². The highest BCUT2D eigenvalue weighted by atomic mass is 16.6. The van der Waals surface area contributed by atoms with E-state index in [0.29, 0.717) is 19.5 Å². The Hall–Kier alpha value is -2.12. The van der Waals surface area contributed by atoms with Gasteiger partial charge in [-0.3, -0.25) is 14.8 Å². The molecule has 0 radical (unpaired) electrons. The first-order valence-electron chi connectivity index (χ1n) is 5.89. The highest BCUT2D eigenvalue weighted by Gasteiger charge is 2.25. The Labute approximate surface area is 110 Å². The average Bonchev–Trinajstić information content (AvgIpc) is 2.70. The molecule has 0 aliphatic rings. The molecule has 0 unspecified atom stereocenters. The van der Waals surface area contributed by atoms with Crippen LogP contribution in [0.1, 0.15) is 27.2 Å². The standard InChI is InChI=1S/C11H18N4O4/c1-11(2,3)14(10(16)17)6-4-5-13-8-9(7-12-13)15(18)19/h7-8H,4-6H2,1-3H3,(H,16,17). The van der Waals surface area contributed by atoms with E-state index >= 15 is 0 Å². The lowest BCUT2D eigenvalue weighted by molar-refractivity contribution is -0.385. The smallest absolute Gasteiger partial charge is 0.407 e. The molecule has 106 valence electrons. The lowest BCUT2D eigenvalue weighted by Gasteiger charge is -2.33. The van der Waals surface area contributed by atoms with Crippen molar-refractivity contribution in [1.82, 2.24) is 14.7 Å². The quantitative estimate of drug-likeness (QED) is 0.651. The van der Waals surface area contributed by atoms with Gasteiger partial charge in [0.05, 0.1) is 4.92 Å². The van der Waals surface area contributed by atoms with E-state index in [1.807, 2.05) is 20.8 Å². The molecule has 1 rings (SSSR count). The van der Waals surface area contributed by atoms with Gasteiger partial charge >= 0.3 is 11.8 Å². The van der Waals surface area contributed by atoms with Crippen LogP contribution in [0.4, 0.5) is 10.5 Å². The van der Waals surface area contributed by atoms with Crippen LogP contribution in [0.2, 0.25) is 0 Å². The molecule has 8 heteroatoms. The number of nitrogens with zero attached hydrogens (tertiary/aromatic N) is 4. The first-order chi connectivity index (χ1) is 8.71. The molecular formula is C11H18N4O4. The van der Waals surface area contributed by atoms with Crippen LogP contribution < -0.4 is 0 Å². The van der Waals surface area contributed by atoms with E-state index in [2.05, 4.69) is 5.10 Å². The number of hydrogen-bond acceptors (Lipinski definition) is 4. The highest BCUT2D eigenvalue weighted by molar-refractivity contribution is 5.65. The summed E-state index contributed by atoms with van der Waals surface area (Å²) < 4.78 is 1.45. The van der Waals surface area contributed by atoms with Crippen LogP contribution in [0.25, 0.3) is 0 Å². The molecule has 1 N–H and O–H groups in total. The van der Waals surface area contributed by atoms with Crippen molar-refractivity contribution < 1.29 is 14.8 Å². The molecule has 1 heterocycles. The van der Waals surface area contributed by atoms with E-state index < -0.39 is 16.6 Å². The minimum absolute atomic E-state index is 0.0640. The first kappa shape index (κ1) is 14.9. The molecule has 0 aliphatic heterocycles. The summed E-state index contributed by atoms with van der Waals surface area (Å²) in [5.74, 6) is 0. The predicted octanol–water partition coefficient (Wildman–Crippen LogP) is 1.96. The van der Waals surface area contributed by atoms with Gasteiger partial charge in [0.2, 0.25) is 0 Å². The molecule has 1 amide bonds. The second kappa shape index (κ2) is 5.68. The lowest BCUT2D eigenvalue weighted by atomic mass is 10.1. The molecule has 0 atom stereocenters. The van der Waals surface area contributed by atoms with Gasteiger partial charge in [0.25, 0.3) is 0 Å². The van der Waals surface area contributed by atoms with Crippen LogP contribution in [-0.2, 0) is 6.54 Å². The summed E-state index contributed by atoms with van der Waals surface area (Å²) in [4.78, 5) is 22.4. The Kier molecular flexibility index (Phi) is 4.47. The number of aryl methyl sites for hydroxylation is 1. The molecule has 0 aliphatic carbocycles. The molecule has 0 saturated carbocycles. The summed E-state index contributed by atoms with van der Waals surface area (Å²) in [5, 5.41) is 23.4. The van der Waals surface area contributed by atoms with Crippen molar-refractivity contribution in [1.29, 1.82) is 0 Å². The molecule has 0 fully saturated rings. The van der Waals surface area contributed by atoms with E-state index in [0.717, 1.165) is 0 Å². The normalized spacial score (nSPS) is 11.3. The fourth-order valence-electron chi connectivity index (χ4n) is 1.68. The minimum atomic E-state index is -0.973. The Morgan fingerprint density at radius 3 is 2.63 bits per heavy atom. The fraction of sp³-hybridized carbons (Fsp3) is 0.636. The van der Waals surface area contributed by atoms with Gasteiger partial charge < -0.3 is 10.0 Å². The number of carbonyl (C=O) groups is 1. The minimum Gasteiger partial charge on any atom is -0.465 e.